The van der Waals surface area contributed by atoms with Gasteiger partial charge in [-0.15, -0.1) is 11.3 Å². The van der Waals surface area contributed by atoms with E-state index in [1.54, 1.807) is 6.20 Å². The molecular formula is C25H31N5OS. The Bertz CT molecular complexity index is 1060. The van der Waals surface area contributed by atoms with Gasteiger partial charge < -0.3 is 16.0 Å². The quantitative estimate of drug-likeness (QED) is 0.501. The van der Waals surface area contributed by atoms with Crippen LogP contribution >= 0.6 is 11.3 Å². The Morgan fingerprint density at radius 3 is 2.50 bits per heavy atom. The molecule has 32 heavy (non-hydrogen) atoms. The van der Waals surface area contributed by atoms with Gasteiger partial charge in [-0.2, -0.15) is 0 Å². The lowest BCUT2D eigenvalue weighted by atomic mass is 9.80. The van der Waals surface area contributed by atoms with Gasteiger partial charge in [-0.05, 0) is 64.3 Å². The zero-order chi connectivity index (χ0) is 22.8. The summed E-state index contributed by atoms with van der Waals surface area (Å²) in [7, 11) is 0. The molecule has 1 saturated heterocycles. The summed E-state index contributed by atoms with van der Waals surface area (Å²) in [5, 5.41) is 10.2. The topological polar surface area (TPSA) is 78.9 Å². The Hall–Kier alpha value is -2.77. The standard InChI is InChI=1S/C25H31N5OS/c1-24(2)14-18(15-25(3,4)30-24)28-23-26-13-12-19(29-23)20-10-11-21(32-20)22(31)27-16-17-8-6-5-7-9-17/h5-13,18,30H,14-16H2,1-4H3,(H,27,31)(H,26,28,29). The van der Waals surface area contributed by atoms with E-state index in [1.165, 1.54) is 11.3 Å². The molecule has 7 heteroatoms. The van der Waals surface area contributed by atoms with E-state index in [1.807, 2.05) is 48.5 Å². The van der Waals surface area contributed by atoms with Crippen molar-refractivity contribution in [2.45, 2.75) is 64.2 Å². The van der Waals surface area contributed by atoms with Gasteiger partial charge in [0.15, 0.2) is 0 Å². The highest BCUT2D eigenvalue weighted by Gasteiger charge is 2.37. The van der Waals surface area contributed by atoms with Gasteiger partial charge in [0.2, 0.25) is 5.95 Å². The number of aromatic nitrogens is 2. The average Bonchev–Trinajstić information content (AvgIpc) is 3.21. The zero-order valence-corrected chi connectivity index (χ0v) is 19.9. The lowest BCUT2D eigenvalue weighted by Gasteiger charge is -2.46. The Kier molecular flexibility index (Phi) is 6.31. The maximum Gasteiger partial charge on any atom is 0.261 e. The van der Waals surface area contributed by atoms with Gasteiger partial charge >= 0.3 is 0 Å². The van der Waals surface area contributed by atoms with Crippen LogP contribution in [0.15, 0.2) is 54.7 Å². The molecule has 1 fully saturated rings. The molecule has 1 amide bonds. The monoisotopic (exact) mass is 449 g/mol. The Balaban J connectivity index is 1.42. The fourth-order valence-corrected chi connectivity index (χ4v) is 5.53. The van der Waals surface area contributed by atoms with Crippen molar-refractivity contribution in [2.24, 2.45) is 0 Å². The molecule has 0 aliphatic carbocycles. The van der Waals surface area contributed by atoms with E-state index < -0.39 is 0 Å². The highest BCUT2D eigenvalue weighted by molar-refractivity contribution is 7.17. The smallest absolute Gasteiger partial charge is 0.261 e. The second-order valence-corrected chi connectivity index (χ2v) is 10.8. The van der Waals surface area contributed by atoms with Gasteiger partial charge in [0.25, 0.3) is 5.91 Å². The van der Waals surface area contributed by atoms with Crippen molar-refractivity contribution >= 4 is 23.2 Å². The first-order valence-corrected chi connectivity index (χ1v) is 11.8. The van der Waals surface area contributed by atoms with Gasteiger partial charge in [-0.1, -0.05) is 30.3 Å². The number of carbonyl (C=O) groups is 1. The zero-order valence-electron chi connectivity index (χ0n) is 19.1. The van der Waals surface area contributed by atoms with E-state index in [0.717, 1.165) is 29.0 Å². The number of benzene rings is 1. The van der Waals surface area contributed by atoms with E-state index in [2.05, 4.69) is 48.6 Å². The van der Waals surface area contributed by atoms with Crippen molar-refractivity contribution in [3.05, 3.63) is 65.2 Å². The molecule has 1 aliphatic rings. The van der Waals surface area contributed by atoms with Crippen LogP contribution in [0.4, 0.5) is 5.95 Å². The van der Waals surface area contributed by atoms with Crippen molar-refractivity contribution in [3.63, 3.8) is 0 Å². The van der Waals surface area contributed by atoms with Crippen LogP contribution in [-0.2, 0) is 6.54 Å². The second kappa shape index (κ2) is 9.00. The third-order valence-electron chi connectivity index (χ3n) is 5.56. The van der Waals surface area contributed by atoms with Gasteiger partial charge in [0.05, 0.1) is 15.4 Å². The number of thiophene rings is 1. The molecule has 0 radical (unpaired) electrons. The number of amides is 1. The van der Waals surface area contributed by atoms with Gasteiger partial charge in [0, 0.05) is 29.9 Å². The third-order valence-corrected chi connectivity index (χ3v) is 6.66. The minimum absolute atomic E-state index is 0.0484. The van der Waals surface area contributed by atoms with Crippen LogP contribution < -0.4 is 16.0 Å². The summed E-state index contributed by atoms with van der Waals surface area (Å²) in [6, 6.07) is 15.9. The maximum atomic E-state index is 12.6. The second-order valence-electron chi connectivity index (χ2n) is 9.74. The number of nitrogens with zero attached hydrogens (tertiary/aromatic N) is 2. The third kappa shape index (κ3) is 5.72. The molecule has 0 unspecified atom stereocenters. The van der Waals surface area contributed by atoms with Crippen molar-refractivity contribution in [3.8, 4) is 10.6 Å². The molecule has 168 valence electrons. The van der Waals surface area contributed by atoms with E-state index in [-0.39, 0.29) is 17.0 Å². The summed E-state index contributed by atoms with van der Waals surface area (Å²) in [5.41, 5.74) is 2.00. The highest BCUT2D eigenvalue weighted by atomic mass is 32.1. The SMILES string of the molecule is CC1(C)CC(Nc2nccc(-c3ccc(C(=O)NCc4ccccc4)s3)n2)CC(C)(C)N1. The number of hydrogen-bond donors (Lipinski definition) is 3. The van der Waals surface area contributed by atoms with Crippen LogP contribution in [0.3, 0.4) is 0 Å². The molecule has 0 saturated carbocycles. The molecule has 0 spiro atoms. The van der Waals surface area contributed by atoms with Crippen LogP contribution in [0.2, 0.25) is 0 Å². The lowest BCUT2D eigenvalue weighted by molar-refractivity contribution is 0.0955. The minimum Gasteiger partial charge on any atom is -0.351 e. The first-order chi connectivity index (χ1) is 15.2. The molecule has 0 bridgehead atoms. The summed E-state index contributed by atoms with van der Waals surface area (Å²) in [6.45, 7) is 9.44. The van der Waals surface area contributed by atoms with Crippen molar-refractivity contribution in [2.75, 3.05) is 5.32 Å². The van der Waals surface area contributed by atoms with Crippen LogP contribution in [0.25, 0.3) is 10.6 Å². The summed E-state index contributed by atoms with van der Waals surface area (Å²) < 4.78 is 0. The normalized spacial score (nSPS) is 17.6. The summed E-state index contributed by atoms with van der Waals surface area (Å²) in [4.78, 5) is 23.4. The number of nitrogens with one attached hydrogen (secondary N) is 3. The number of carbonyl (C=O) groups excluding carboxylic acids is 1. The number of hydrogen-bond acceptors (Lipinski definition) is 6. The molecule has 3 N–H and O–H groups in total. The molecule has 3 aromatic rings. The van der Waals surface area contributed by atoms with Crippen molar-refractivity contribution in [1.82, 2.24) is 20.6 Å². The van der Waals surface area contributed by atoms with Crippen LogP contribution in [-0.4, -0.2) is 33.0 Å². The Labute approximate surface area is 193 Å². The number of piperidine rings is 1. The molecule has 3 heterocycles. The van der Waals surface area contributed by atoms with E-state index in [0.29, 0.717) is 23.4 Å². The lowest BCUT2D eigenvalue weighted by Crippen LogP contribution is -2.60. The highest BCUT2D eigenvalue weighted by Crippen LogP contribution is 2.31. The molecule has 0 atom stereocenters. The van der Waals surface area contributed by atoms with Gasteiger partial charge in [0.1, 0.15) is 0 Å². The van der Waals surface area contributed by atoms with E-state index in [9.17, 15) is 4.79 Å². The van der Waals surface area contributed by atoms with Gasteiger partial charge in [-0.3, -0.25) is 4.79 Å². The molecular weight excluding hydrogens is 418 g/mol. The van der Waals surface area contributed by atoms with Crippen molar-refractivity contribution < 1.29 is 4.79 Å². The summed E-state index contributed by atoms with van der Waals surface area (Å²) in [6.07, 6.45) is 3.76. The Morgan fingerprint density at radius 1 is 1.06 bits per heavy atom. The molecule has 6 nitrogen and oxygen atoms in total. The largest absolute Gasteiger partial charge is 0.351 e. The number of anilines is 1. The van der Waals surface area contributed by atoms with Gasteiger partial charge in [-0.25, -0.2) is 9.97 Å². The maximum absolute atomic E-state index is 12.6. The number of rotatable bonds is 6. The summed E-state index contributed by atoms with van der Waals surface area (Å²) in [5.74, 6) is 0.557. The predicted molar refractivity (Wildman–Crippen MR) is 131 cm³/mol. The summed E-state index contributed by atoms with van der Waals surface area (Å²) >= 11 is 1.44. The first-order valence-electron chi connectivity index (χ1n) is 11.0. The molecule has 1 aromatic carbocycles. The minimum atomic E-state index is -0.0725. The van der Waals surface area contributed by atoms with Crippen LogP contribution in [0, 0.1) is 0 Å². The molecule has 1 aliphatic heterocycles. The van der Waals surface area contributed by atoms with E-state index in [4.69, 9.17) is 4.98 Å². The molecule has 4 rings (SSSR count). The predicted octanol–water partition coefficient (Wildman–Crippen LogP) is 4.86. The van der Waals surface area contributed by atoms with Crippen LogP contribution in [0.1, 0.15) is 55.8 Å². The van der Waals surface area contributed by atoms with E-state index >= 15 is 0 Å². The first kappa shape index (κ1) is 22.4. The van der Waals surface area contributed by atoms with Crippen molar-refractivity contribution in [1.29, 1.82) is 0 Å². The average molecular weight is 450 g/mol. The fraction of sp³-hybridized carbons (Fsp3) is 0.400. The fourth-order valence-electron chi connectivity index (χ4n) is 4.64. The van der Waals surface area contributed by atoms with Crippen LogP contribution in [0.5, 0.6) is 0 Å². The molecule has 2 aromatic heterocycles. The Morgan fingerprint density at radius 2 is 1.78 bits per heavy atom.